The van der Waals surface area contributed by atoms with E-state index in [0.717, 1.165) is 0 Å². The summed E-state index contributed by atoms with van der Waals surface area (Å²) in [6, 6.07) is 8.73. The first-order chi connectivity index (χ1) is 6.29. The van der Waals surface area contributed by atoms with Crippen LogP contribution in [0.3, 0.4) is 0 Å². The quantitative estimate of drug-likeness (QED) is 0.639. The second-order valence-electron chi connectivity index (χ2n) is 2.66. The van der Waals surface area contributed by atoms with E-state index in [1.54, 1.807) is 12.1 Å². The molecule has 1 heterocycles. The SMILES string of the molecule is Nc1ccccc1-n1nccc1O. The zero-order valence-electron chi connectivity index (χ0n) is 6.88. The molecule has 4 nitrogen and oxygen atoms in total. The number of rotatable bonds is 1. The van der Waals surface area contributed by atoms with Crippen molar-refractivity contribution in [3.05, 3.63) is 36.5 Å². The summed E-state index contributed by atoms with van der Waals surface area (Å²) in [6.07, 6.45) is 1.52. The number of nitrogens with zero attached hydrogens (tertiary/aromatic N) is 2. The molecule has 0 bridgehead atoms. The smallest absolute Gasteiger partial charge is 0.214 e. The number of benzene rings is 1. The van der Waals surface area contributed by atoms with Crippen LogP contribution in [0.15, 0.2) is 36.5 Å². The second-order valence-corrected chi connectivity index (χ2v) is 2.66. The standard InChI is InChI=1S/C9H9N3O/c10-7-3-1-2-4-8(7)12-9(13)5-6-11-12/h1-6,13H,10H2. The summed E-state index contributed by atoms with van der Waals surface area (Å²) in [5, 5.41) is 13.3. The topological polar surface area (TPSA) is 64.1 Å². The van der Waals surface area contributed by atoms with E-state index in [9.17, 15) is 5.11 Å². The lowest BCUT2D eigenvalue weighted by molar-refractivity contribution is 0.434. The Morgan fingerprint density at radius 1 is 1.23 bits per heavy atom. The Balaban J connectivity index is 2.59. The van der Waals surface area contributed by atoms with Gasteiger partial charge in [0.15, 0.2) is 0 Å². The Bertz CT molecular complexity index is 422. The largest absolute Gasteiger partial charge is 0.493 e. The lowest BCUT2D eigenvalue weighted by Crippen LogP contribution is -1.99. The van der Waals surface area contributed by atoms with Gasteiger partial charge in [-0.3, -0.25) is 0 Å². The third kappa shape index (κ3) is 1.22. The molecule has 0 spiro atoms. The van der Waals surface area contributed by atoms with Crippen LogP contribution in [0.1, 0.15) is 0 Å². The molecule has 66 valence electrons. The van der Waals surface area contributed by atoms with Crippen LogP contribution in [0.5, 0.6) is 5.88 Å². The molecular formula is C9H9N3O. The van der Waals surface area contributed by atoms with Crippen molar-refractivity contribution in [3.8, 4) is 11.6 Å². The van der Waals surface area contributed by atoms with E-state index in [4.69, 9.17) is 5.73 Å². The molecule has 0 aliphatic heterocycles. The predicted molar refractivity (Wildman–Crippen MR) is 49.6 cm³/mol. The summed E-state index contributed by atoms with van der Waals surface area (Å²) < 4.78 is 1.38. The lowest BCUT2D eigenvalue weighted by atomic mass is 10.3. The number of anilines is 1. The molecule has 3 N–H and O–H groups in total. The first-order valence-corrected chi connectivity index (χ1v) is 3.87. The fourth-order valence-corrected chi connectivity index (χ4v) is 1.16. The summed E-state index contributed by atoms with van der Waals surface area (Å²) in [5.41, 5.74) is 6.98. The first kappa shape index (κ1) is 7.67. The summed E-state index contributed by atoms with van der Waals surface area (Å²) in [7, 11) is 0. The lowest BCUT2D eigenvalue weighted by Gasteiger charge is -2.05. The van der Waals surface area contributed by atoms with E-state index >= 15 is 0 Å². The van der Waals surface area contributed by atoms with Crippen LogP contribution >= 0.6 is 0 Å². The average Bonchev–Trinajstić information content (AvgIpc) is 2.52. The van der Waals surface area contributed by atoms with Gasteiger partial charge in [-0.25, -0.2) is 0 Å². The molecule has 13 heavy (non-hydrogen) atoms. The summed E-state index contributed by atoms with van der Waals surface area (Å²) in [4.78, 5) is 0. The van der Waals surface area contributed by atoms with Gasteiger partial charge in [0.2, 0.25) is 5.88 Å². The van der Waals surface area contributed by atoms with E-state index in [2.05, 4.69) is 5.10 Å². The maximum atomic E-state index is 9.37. The van der Waals surface area contributed by atoms with Crippen LogP contribution in [0.25, 0.3) is 5.69 Å². The highest BCUT2D eigenvalue weighted by Crippen LogP contribution is 2.20. The fourth-order valence-electron chi connectivity index (χ4n) is 1.16. The summed E-state index contributed by atoms with van der Waals surface area (Å²) >= 11 is 0. The van der Waals surface area contributed by atoms with E-state index < -0.39 is 0 Å². The molecule has 2 rings (SSSR count). The van der Waals surface area contributed by atoms with Crippen LogP contribution in [0, 0.1) is 0 Å². The summed E-state index contributed by atoms with van der Waals surface area (Å²) in [6.45, 7) is 0. The van der Waals surface area contributed by atoms with Gasteiger partial charge in [-0.05, 0) is 12.1 Å². The van der Waals surface area contributed by atoms with Gasteiger partial charge in [0.1, 0.15) is 0 Å². The van der Waals surface area contributed by atoms with Gasteiger partial charge in [0.25, 0.3) is 0 Å². The van der Waals surface area contributed by atoms with Crippen molar-refractivity contribution in [2.75, 3.05) is 5.73 Å². The van der Waals surface area contributed by atoms with E-state index in [1.165, 1.54) is 16.9 Å². The number of nitrogen functional groups attached to an aromatic ring is 1. The minimum atomic E-state index is 0.0814. The Kier molecular flexibility index (Phi) is 1.66. The molecular weight excluding hydrogens is 166 g/mol. The number of para-hydroxylation sites is 2. The van der Waals surface area contributed by atoms with Gasteiger partial charge in [0.05, 0.1) is 17.6 Å². The maximum absolute atomic E-state index is 9.37. The highest BCUT2D eigenvalue weighted by Gasteiger charge is 2.04. The van der Waals surface area contributed by atoms with Crippen molar-refractivity contribution in [2.24, 2.45) is 0 Å². The normalized spacial score (nSPS) is 10.2. The molecule has 2 aromatic rings. The summed E-state index contributed by atoms with van der Waals surface area (Å²) in [5.74, 6) is 0.0814. The third-order valence-corrected chi connectivity index (χ3v) is 1.79. The molecule has 0 atom stereocenters. The number of hydrogen-bond acceptors (Lipinski definition) is 3. The highest BCUT2D eigenvalue weighted by atomic mass is 16.3. The Labute approximate surface area is 75.2 Å². The van der Waals surface area contributed by atoms with E-state index in [0.29, 0.717) is 11.4 Å². The van der Waals surface area contributed by atoms with Crippen LogP contribution in [-0.4, -0.2) is 14.9 Å². The zero-order chi connectivity index (χ0) is 9.26. The highest BCUT2D eigenvalue weighted by molar-refractivity contribution is 5.57. The molecule has 0 aliphatic rings. The minimum absolute atomic E-state index is 0.0814. The Morgan fingerprint density at radius 2 is 2.00 bits per heavy atom. The molecule has 4 heteroatoms. The van der Waals surface area contributed by atoms with Crippen molar-refractivity contribution >= 4 is 5.69 Å². The first-order valence-electron chi connectivity index (χ1n) is 3.87. The van der Waals surface area contributed by atoms with Crippen LogP contribution < -0.4 is 5.73 Å². The van der Waals surface area contributed by atoms with Gasteiger partial charge in [0, 0.05) is 6.07 Å². The number of aromatic nitrogens is 2. The molecule has 0 saturated carbocycles. The molecule has 1 aromatic heterocycles. The van der Waals surface area contributed by atoms with Crippen LogP contribution in [0.2, 0.25) is 0 Å². The molecule has 0 aliphatic carbocycles. The second kappa shape index (κ2) is 2.82. The third-order valence-electron chi connectivity index (χ3n) is 1.79. The van der Waals surface area contributed by atoms with E-state index in [-0.39, 0.29) is 5.88 Å². The average molecular weight is 175 g/mol. The van der Waals surface area contributed by atoms with Gasteiger partial charge in [-0.2, -0.15) is 9.78 Å². The Hall–Kier alpha value is -1.97. The zero-order valence-corrected chi connectivity index (χ0v) is 6.88. The monoisotopic (exact) mass is 175 g/mol. The van der Waals surface area contributed by atoms with Crippen molar-refractivity contribution in [2.45, 2.75) is 0 Å². The van der Waals surface area contributed by atoms with Crippen molar-refractivity contribution in [1.29, 1.82) is 0 Å². The molecule has 1 aromatic carbocycles. The molecule has 0 fully saturated rings. The number of hydrogen-bond donors (Lipinski definition) is 2. The Morgan fingerprint density at radius 3 is 2.62 bits per heavy atom. The van der Waals surface area contributed by atoms with Gasteiger partial charge < -0.3 is 10.8 Å². The van der Waals surface area contributed by atoms with Crippen molar-refractivity contribution in [1.82, 2.24) is 9.78 Å². The van der Waals surface area contributed by atoms with Crippen LogP contribution in [-0.2, 0) is 0 Å². The van der Waals surface area contributed by atoms with Gasteiger partial charge in [-0.1, -0.05) is 12.1 Å². The molecule has 0 radical (unpaired) electrons. The number of aromatic hydroxyl groups is 1. The number of nitrogens with two attached hydrogens (primary N) is 1. The van der Waals surface area contributed by atoms with E-state index in [1.807, 2.05) is 12.1 Å². The van der Waals surface area contributed by atoms with Crippen molar-refractivity contribution < 1.29 is 5.11 Å². The fraction of sp³-hybridized carbons (Fsp3) is 0. The maximum Gasteiger partial charge on any atom is 0.214 e. The van der Waals surface area contributed by atoms with Gasteiger partial charge >= 0.3 is 0 Å². The molecule has 0 saturated heterocycles. The van der Waals surface area contributed by atoms with Crippen LogP contribution in [0.4, 0.5) is 5.69 Å². The van der Waals surface area contributed by atoms with Gasteiger partial charge in [-0.15, -0.1) is 0 Å². The predicted octanol–water partition coefficient (Wildman–Crippen LogP) is 1.16. The molecule has 0 amide bonds. The minimum Gasteiger partial charge on any atom is -0.493 e. The van der Waals surface area contributed by atoms with Crippen molar-refractivity contribution in [3.63, 3.8) is 0 Å². The molecule has 0 unspecified atom stereocenters.